The summed E-state index contributed by atoms with van der Waals surface area (Å²) in [6.45, 7) is 1.35. The van der Waals surface area contributed by atoms with Crippen molar-refractivity contribution in [1.82, 2.24) is 10.3 Å². The van der Waals surface area contributed by atoms with E-state index in [1.54, 1.807) is 24.4 Å². The molecule has 0 spiro atoms. The maximum Gasteiger partial charge on any atom is 0.255 e. The standard InChI is InChI=1S/C16H17ClN2O3/c1-21-15-9-14-11(13(17)2-5-18-14)8-12(15)16(20)19-10-3-6-22-7-4-10/h2,5,8-10H,3-4,6-7H2,1H3,(H,19,20). The van der Waals surface area contributed by atoms with Crippen molar-refractivity contribution in [2.75, 3.05) is 20.3 Å². The molecular formula is C16H17ClN2O3. The Bertz CT molecular complexity index is 699. The lowest BCUT2D eigenvalue weighted by Crippen LogP contribution is -2.39. The minimum atomic E-state index is -0.162. The third kappa shape index (κ3) is 3.00. The fraction of sp³-hybridized carbons (Fsp3) is 0.375. The lowest BCUT2D eigenvalue weighted by Gasteiger charge is -2.23. The number of benzene rings is 1. The topological polar surface area (TPSA) is 60.5 Å². The molecule has 6 heteroatoms. The second kappa shape index (κ2) is 6.50. The van der Waals surface area contributed by atoms with Gasteiger partial charge in [0.05, 0.1) is 23.2 Å². The molecule has 1 saturated heterocycles. The molecule has 0 saturated carbocycles. The minimum Gasteiger partial charge on any atom is -0.496 e. The highest BCUT2D eigenvalue weighted by molar-refractivity contribution is 6.35. The van der Waals surface area contributed by atoms with Crippen LogP contribution in [0, 0.1) is 0 Å². The number of carbonyl (C=O) groups excluding carboxylic acids is 1. The number of methoxy groups -OCH3 is 1. The van der Waals surface area contributed by atoms with Crippen LogP contribution in [-0.4, -0.2) is 37.3 Å². The van der Waals surface area contributed by atoms with Gasteiger partial charge in [0.2, 0.25) is 0 Å². The number of halogens is 1. The van der Waals surface area contributed by atoms with Crippen molar-refractivity contribution in [3.63, 3.8) is 0 Å². The number of pyridine rings is 1. The third-order valence-corrected chi connectivity index (χ3v) is 4.14. The van der Waals surface area contributed by atoms with Gasteiger partial charge in [-0.3, -0.25) is 9.78 Å². The number of amides is 1. The van der Waals surface area contributed by atoms with Crippen molar-refractivity contribution < 1.29 is 14.3 Å². The summed E-state index contributed by atoms with van der Waals surface area (Å²) >= 11 is 6.19. The van der Waals surface area contributed by atoms with Gasteiger partial charge >= 0.3 is 0 Å². The normalized spacial score (nSPS) is 15.7. The zero-order valence-corrected chi connectivity index (χ0v) is 13.0. The van der Waals surface area contributed by atoms with Gasteiger partial charge in [0.25, 0.3) is 5.91 Å². The summed E-state index contributed by atoms with van der Waals surface area (Å²) in [4.78, 5) is 16.8. The molecule has 0 bridgehead atoms. The van der Waals surface area contributed by atoms with Gasteiger partial charge in [-0.15, -0.1) is 0 Å². The van der Waals surface area contributed by atoms with Gasteiger partial charge < -0.3 is 14.8 Å². The first-order valence-electron chi connectivity index (χ1n) is 7.20. The summed E-state index contributed by atoms with van der Waals surface area (Å²) in [5.41, 5.74) is 1.17. The van der Waals surface area contributed by atoms with Crippen molar-refractivity contribution in [3.05, 3.63) is 35.0 Å². The second-order valence-corrected chi connectivity index (χ2v) is 5.63. The van der Waals surface area contributed by atoms with Gasteiger partial charge in [0.1, 0.15) is 5.75 Å². The Balaban J connectivity index is 1.93. The number of hydrogen-bond acceptors (Lipinski definition) is 4. The molecule has 2 aromatic rings. The van der Waals surface area contributed by atoms with Crippen molar-refractivity contribution in [1.29, 1.82) is 0 Å². The lowest BCUT2D eigenvalue weighted by atomic mass is 10.1. The Kier molecular flexibility index (Phi) is 4.45. The number of hydrogen-bond donors (Lipinski definition) is 1. The fourth-order valence-corrected chi connectivity index (χ4v) is 2.80. The Morgan fingerprint density at radius 3 is 2.91 bits per heavy atom. The zero-order valence-electron chi connectivity index (χ0n) is 12.3. The van der Waals surface area contributed by atoms with Gasteiger partial charge in [0, 0.05) is 36.9 Å². The van der Waals surface area contributed by atoms with Crippen LogP contribution < -0.4 is 10.1 Å². The third-order valence-electron chi connectivity index (χ3n) is 3.81. The van der Waals surface area contributed by atoms with E-state index < -0.39 is 0 Å². The van der Waals surface area contributed by atoms with Crippen molar-refractivity contribution in [2.24, 2.45) is 0 Å². The SMILES string of the molecule is COc1cc2nccc(Cl)c2cc1C(=O)NC1CCOCC1. The number of ether oxygens (including phenoxy) is 2. The molecule has 116 valence electrons. The summed E-state index contributed by atoms with van der Waals surface area (Å²) < 4.78 is 10.6. The lowest BCUT2D eigenvalue weighted by molar-refractivity contribution is 0.0695. The Hall–Kier alpha value is -1.85. The first-order chi connectivity index (χ1) is 10.7. The predicted molar refractivity (Wildman–Crippen MR) is 84.6 cm³/mol. The zero-order chi connectivity index (χ0) is 15.5. The van der Waals surface area contributed by atoms with E-state index in [9.17, 15) is 4.79 Å². The van der Waals surface area contributed by atoms with Crippen LogP contribution in [0.4, 0.5) is 0 Å². The van der Waals surface area contributed by atoms with E-state index in [-0.39, 0.29) is 11.9 Å². The van der Waals surface area contributed by atoms with Crippen molar-refractivity contribution in [2.45, 2.75) is 18.9 Å². The molecular weight excluding hydrogens is 304 g/mol. The van der Waals surface area contributed by atoms with E-state index in [0.717, 1.165) is 18.2 Å². The van der Waals surface area contributed by atoms with Crippen LogP contribution in [0.3, 0.4) is 0 Å². The van der Waals surface area contributed by atoms with Crippen LogP contribution in [-0.2, 0) is 4.74 Å². The molecule has 1 aromatic heterocycles. The molecule has 0 radical (unpaired) electrons. The van der Waals surface area contributed by atoms with Crippen molar-refractivity contribution in [3.8, 4) is 5.75 Å². The predicted octanol–water partition coefficient (Wildman–Crippen LogP) is 2.81. The van der Waals surface area contributed by atoms with Crippen molar-refractivity contribution >= 4 is 28.4 Å². The molecule has 0 atom stereocenters. The smallest absolute Gasteiger partial charge is 0.255 e. The van der Waals surface area contributed by atoms with Crippen LogP contribution in [0.15, 0.2) is 24.4 Å². The molecule has 1 amide bonds. The molecule has 1 aliphatic heterocycles. The molecule has 0 unspecified atom stereocenters. The number of nitrogens with one attached hydrogen (secondary N) is 1. The fourth-order valence-electron chi connectivity index (χ4n) is 2.59. The number of nitrogens with zero attached hydrogens (tertiary/aromatic N) is 1. The van der Waals surface area contributed by atoms with Crippen LogP contribution >= 0.6 is 11.6 Å². The van der Waals surface area contributed by atoms with E-state index in [4.69, 9.17) is 21.1 Å². The van der Waals surface area contributed by atoms with Gasteiger partial charge in [-0.25, -0.2) is 0 Å². The summed E-state index contributed by atoms with van der Waals surface area (Å²) in [6.07, 6.45) is 3.28. The summed E-state index contributed by atoms with van der Waals surface area (Å²) in [7, 11) is 1.54. The maximum absolute atomic E-state index is 12.6. The second-order valence-electron chi connectivity index (χ2n) is 5.22. The first kappa shape index (κ1) is 15.1. The summed E-state index contributed by atoms with van der Waals surface area (Å²) in [6, 6.07) is 5.31. The molecule has 5 nitrogen and oxygen atoms in total. The molecule has 3 rings (SSSR count). The highest BCUT2D eigenvalue weighted by Crippen LogP contribution is 2.29. The van der Waals surface area contributed by atoms with E-state index in [2.05, 4.69) is 10.3 Å². The molecule has 1 aromatic carbocycles. The average Bonchev–Trinajstić information content (AvgIpc) is 2.55. The quantitative estimate of drug-likeness (QED) is 0.944. The largest absolute Gasteiger partial charge is 0.496 e. The molecule has 2 heterocycles. The van der Waals surface area contributed by atoms with E-state index in [1.807, 2.05) is 0 Å². The molecule has 1 N–H and O–H groups in total. The molecule has 0 aliphatic carbocycles. The highest BCUT2D eigenvalue weighted by atomic mass is 35.5. The monoisotopic (exact) mass is 320 g/mol. The molecule has 1 fully saturated rings. The van der Waals surface area contributed by atoms with Gasteiger partial charge in [-0.2, -0.15) is 0 Å². The number of fused-ring (bicyclic) bond motifs is 1. The minimum absolute atomic E-state index is 0.131. The maximum atomic E-state index is 12.6. The van der Waals surface area contributed by atoms with Crippen LogP contribution in [0.1, 0.15) is 23.2 Å². The average molecular weight is 321 g/mol. The highest BCUT2D eigenvalue weighted by Gasteiger charge is 2.20. The number of aromatic nitrogens is 1. The van der Waals surface area contributed by atoms with Gasteiger partial charge in [0.15, 0.2) is 0 Å². The summed E-state index contributed by atoms with van der Waals surface area (Å²) in [5, 5.41) is 4.33. The first-order valence-corrected chi connectivity index (χ1v) is 7.57. The van der Waals surface area contributed by atoms with Crippen LogP contribution in [0.2, 0.25) is 5.02 Å². The number of rotatable bonds is 3. The molecule has 1 aliphatic rings. The van der Waals surface area contributed by atoms with E-state index >= 15 is 0 Å². The molecule has 22 heavy (non-hydrogen) atoms. The van der Waals surface area contributed by atoms with Crippen LogP contribution in [0.25, 0.3) is 10.9 Å². The van der Waals surface area contributed by atoms with Gasteiger partial charge in [-0.1, -0.05) is 11.6 Å². The Labute approximate surface area is 133 Å². The van der Waals surface area contributed by atoms with Gasteiger partial charge in [-0.05, 0) is 25.0 Å². The summed E-state index contributed by atoms with van der Waals surface area (Å²) in [5.74, 6) is 0.331. The van der Waals surface area contributed by atoms with E-state index in [1.165, 1.54) is 7.11 Å². The van der Waals surface area contributed by atoms with Crippen LogP contribution in [0.5, 0.6) is 5.75 Å². The number of carbonyl (C=O) groups is 1. The Morgan fingerprint density at radius 1 is 1.41 bits per heavy atom. The Morgan fingerprint density at radius 2 is 2.18 bits per heavy atom. The van der Waals surface area contributed by atoms with E-state index in [0.29, 0.717) is 35.1 Å².